The van der Waals surface area contributed by atoms with Gasteiger partial charge < -0.3 is 24.7 Å². The molecule has 0 aliphatic heterocycles. The molecule has 0 heterocycles. The first-order valence-electron chi connectivity index (χ1n) is 2.31. The highest BCUT2D eigenvalue weighted by atomic mass is 16.7. The van der Waals surface area contributed by atoms with E-state index in [4.69, 9.17) is 15.1 Å². The van der Waals surface area contributed by atoms with Crippen molar-refractivity contribution >= 4 is 19.3 Å². The van der Waals surface area contributed by atoms with Crippen LogP contribution in [0.25, 0.3) is 0 Å². The van der Waals surface area contributed by atoms with Gasteiger partial charge in [0.2, 0.25) is 0 Å². The first-order valence-corrected chi connectivity index (χ1v) is 2.31. The van der Waals surface area contributed by atoms with Crippen LogP contribution in [0.15, 0.2) is 0 Å². The maximum Gasteiger partial charge on any atom is 0.631 e. The number of carbonyl (C=O) groups is 2. The predicted octanol–water partition coefficient (Wildman–Crippen LogP) is -4.23. The zero-order chi connectivity index (χ0) is 10.1. The Morgan fingerprint density at radius 2 is 1.17 bits per heavy atom. The van der Waals surface area contributed by atoms with Gasteiger partial charge in [-0.05, 0) is 0 Å². The molecule has 0 rings (SSSR count). The lowest BCUT2D eigenvalue weighted by Gasteiger charge is -1.90. The lowest BCUT2D eigenvalue weighted by molar-refractivity contribution is -0.168. The molecule has 0 aromatic heterocycles. The Morgan fingerprint density at radius 1 is 1.00 bits per heavy atom. The second kappa shape index (κ2) is 7.91. The minimum atomic E-state index is -2.17. The molecule has 7 N–H and O–H groups in total. The summed E-state index contributed by atoms with van der Waals surface area (Å²) in [6, 6.07) is 0. The van der Waals surface area contributed by atoms with Gasteiger partial charge in [-0.3, -0.25) is 0 Å². The minimum Gasteiger partial charge on any atom is -0.402 e. The van der Waals surface area contributed by atoms with Gasteiger partial charge in [0.05, 0.1) is 0 Å². The van der Waals surface area contributed by atoms with E-state index >= 15 is 0 Å². The molecule has 0 unspecified atom stereocenters. The highest BCUT2D eigenvalue weighted by Crippen LogP contribution is 1.71. The Kier molecular flexibility index (Phi) is 8.83. The largest absolute Gasteiger partial charge is 0.631 e. The molecular weight excluding hydrogens is 175 g/mol. The first kappa shape index (κ1) is 13.4. The maximum absolute atomic E-state index is 9.84. The van der Waals surface area contributed by atoms with Crippen LogP contribution in [0.1, 0.15) is 0 Å². The Bertz CT molecular complexity index is 132. The van der Waals surface area contributed by atoms with E-state index in [1.54, 1.807) is 0 Å². The monoisotopic (exact) mass is 182 g/mol. The molecule has 0 amide bonds. The summed E-state index contributed by atoms with van der Waals surface area (Å²) in [7, 11) is -2.17. The van der Waals surface area contributed by atoms with Gasteiger partial charge >= 0.3 is 19.3 Å². The van der Waals surface area contributed by atoms with E-state index < -0.39 is 19.3 Å². The summed E-state index contributed by atoms with van der Waals surface area (Å²) in [6.07, 6.45) is 0. The van der Waals surface area contributed by atoms with Crippen molar-refractivity contribution in [1.29, 1.82) is 0 Å². The molecule has 9 nitrogen and oxygen atoms in total. The smallest absolute Gasteiger partial charge is 0.402 e. The minimum absolute atomic E-state index is 1.33. The topological polar surface area (TPSA) is 165 Å². The SMILES string of the molecule is NOC(=O)C(=O)ON.OB(O)O. The first-order chi connectivity index (χ1) is 5.45. The summed E-state index contributed by atoms with van der Waals surface area (Å²) in [6.45, 7) is 0. The van der Waals surface area contributed by atoms with Crippen molar-refractivity contribution in [3.63, 3.8) is 0 Å². The highest BCUT2D eigenvalue weighted by Gasteiger charge is 2.14. The molecular formula is C2H7BN2O7. The van der Waals surface area contributed by atoms with E-state index in [1.807, 2.05) is 0 Å². The summed E-state index contributed by atoms with van der Waals surface area (Å²) in [5.41, 5.74) is 0. The van der Waals surface area contributed by atoms with Gasteiger partial charge in [0.25, 0.3) is 0 Å². The third-order valence-corrected chi connectivity index (χ3v) is 0.381. The molecule has 0 aliphatic rings. The molecule has 0 aromatic carbocycles. The molecule has 12 heavy (non-hydrogen) atoms. The van der Waals surface area contributed by atoms with Crippen molar-refractivity contribution in [1.82, 2.24) is 0 Å². The van der Waals surface area contributed by atoms with Crippen LogP contribution in [-0.4, -0.2) is 34.3 Å². The van der Waals surface area contributed by atoms with E-state index in [1.165, 1.54) is 0 Å². The Balaban J connectivity index is 0. The van der Waals surface area contributed by atoms with E-state index in [0.29, 0.717) is 0 Å². The summed E-state index contributed by atoms with van der Waals surface area (Å²) >= 11 is 0. The molecule has 10 heteroatoms. The van der Waals surface area contributed by atoms with Crippen LogP contribution in [0.2, 0.25) is 0 Å². The molecule has 0 aliphatic carbocycles. The fourth-order valence-corrected chi connectivity index (χ4v) is 0.0962. The van der Waals surface area contributed by atoms with Crippen LogP contribution >= 0.6 is 0 Å². The molecule has 0 fully saturated rings. The molecule has 0 spiro atoms. The highest BCUT2D eigenvalue weighted by molar-refractivity contribution is 6.30. The van der Waals surface area contributed by atoms with Crippen molar-refractivity contribution in [2.45, 2.75) is 0 Å². The Labute approximate surface area is 66.6 Å². The lowest BCUT2D eigenvalue weighted by Crippen LogP contribution is -2.25. The van der Waals surface area contributed by atoms with Crippen molar-refractivity contribution in [2.24, 2.45) is 11.8 Å². The standard InChI is InChI=1S/C2H4N2O4.BH3O3/c3-7-1(5)2(6)8-4;2-1(3)4/h3-4H2;2-4H. The second-order valence-corrected chi connectivity index (χ2v) is 1.16. The van der Waals surface area contributed by atoms with Gasteiger partial charge in [0.15, 0.2) is 0 Å². The second-order valence-electron chi connectivity index (χ2n) is 1.16. The van der Waals surface area contributed by atoms with Crippen LogP contribution < -0.4 is 11.8 Å². The number of carbonyl (C=O) groups excluding carboxylic acids is 2. The van der Waals surface area contributed by atoms with Gasteiger partial charge in [-0.25, -0.2) is 9.59 Å². The van der Waals surface area contributed by atoms with E-state index in [2.05, 4.69) is 21.5 Å². The van der Waals surface area contributed by atoms with Crippen LogP contribution in [0, 0.1) is 0 Å². The van der Waals surface area contributed by atoms with Gasteiger partial charge in [-0.2, -0.15) is 11.8 Å². The zero-order valence-corrected chi connectivity index (χ0v) is 5.71. The number of hydrogen-bond donors (Lipinski definition) is 5. The molecule has 0 radical (unpaired) electrons. The van der Waals surface area contributed by atoms with E-state index in [9.17, 15) is 9.59 Å². The van der Waals surface area contributed by atoms with E-state index in [-0.39, 0.29) is 0 Å². The normalized spacial score (nSPS) is 7.42. The van der Waals surface area contributed by atoms with E-state index in [0.717, 1.165) is 0 Å². The molecule has 0 saturated carbocycles. The van der Waals surface area contributed by atoms with Gasteiger partial charge in [-0.1, -0.05) is 0 Å². The maximum atomic E-state index is 9.84. The molecule has 0 atom stereocenters. The van der Waals surface area contributed by atoms with Crippen LogP contribution in [-0.2, 0) is 19.3 Å². The van der Waals surface area contributed by atoms with Crippen LogP contribution in [0.4, 0.5) is 0 Å². The van der Waals surface area contributed by atoms with Crippen molar-refractivity contribution in [2.75, 3.05) is 0 Å². The number of nitrogens with two attached hydrogens (primary N) is 2. The van der Waals surface area contributed by atoms with Crippen molar-refractivity contribution in [3.8, 4) is 0 Å². The molecule has 0 aromatic rings. The summed E-state index contributed by atoms with van der Waals surface area (Å²) in [4.78, 5) is 26.5. The molecule has 0 saturated heterocycles. The summed E-state index contributed by atoms with van der Waals surface area (Å²) < 4.78 is 0. The predicted molar refractivity (Wildman–Crippen MR) is 33.0 cm³/mol. The quantitative estimate of drug-likeness (QED) is 0.141. The summed E-state index contributed by atoms with van der Waals surface area (Å²) in [5.74, 6) is 5.83. The van der Waals surface area contributed by atoms with Crippen LogP contribution in [0.3, 0.4) is 0 Å². The Hall–Kier alpha value is -1.20. The van der Waals surface area contributed by atoms with Gasteiger partial charge in [-0.15, -0.1) is 0 Å². The molecule has 70 valence electrons. The fraction of sp³-hybridized carbons (Fsp3) is 0. The van der Waals surface area contributed by atoms with Gasteiger partial charge in [0.1, 0.15) is 0 Å². The fourth-order valence-electron chi connectivity index (χ4n) is 0.0962. The average Bonchev–Trinajstić information content (AvgIpc) is 2.00. The van der Waals surface area contributed by atoms with Gasteiger partial charge in [0, 0.05) is 0 Å². The zero-order valence-electron chi connectivity index (χ0n) is 5.71. The van der Waals surface area contributed by atoms with Crippen molar-refractivity contribution in [3.05, 3.63) is 0 Å². The third-order valence-electron chi connectivity index (χ3n) is 0.381. The average molecular weight is 182 g/mol. The van der Waals surface area contributed by atoms with Crippen LogP contribution in [0.5, 0.6) is 0 Å². The number of rotatable bonds is 0. The summed E-state index contributed by atoms with van der Waals surface area (Å²) in [5, 5.41) is 21.5. The van der Waals surface area contributed by atoms with Crippen molar-refractivity contribution < 1.29 is 34.3 Å². The third kappa shape index (κ3) is 11.6. The molecule has 0 bridgehead atoms. The Morgan fingerprint density at radius 3 is 1.25 bits per heavy atom. The number of hydrogen-bond acceptors (Lipinski definition) is 9. The lowest BCUT2D eigenvalue weighted by atomic mass is 10.3.